The predicted octanol–water partition coefficient (Wildman–Crippen LogP) is 3.88. The van der Waals surface area contributed by atoms with E-state index in [0.717, 1.165) is 11.1 Å². The molecule has 2 N–H and O–H groups in total. The van der Waals surface area contributed by atoms with E-state index in [9.17, 15) is 4.79 Å². The molecule has 0 radical (unpaired) electrons. The van der Waals surface area contributed by atoms with Crippen LogP contribution in [0.3, 0.4) is 0 Å². The highest BCUT2D eigenvalue weighted by molar-refractivity contribution is 6.02. The molecule has 2 aromatic heterocycles. The van der Waals surface area contributed by atoms with Crippen LogP contribution < -0.4 is 5.32 Å². The summed E-state index contributed by atoms with van der Waals surface area (Å²) in [5.41, 5.74) is 2.47. The summed E-state index contributed by atoms with van der Waals surface area (Å²) in [6.07, 6.45) is 3.56. The number of aromatic amines is 1. The highest BCUT2D eigenvalue weighted by Crippen LogP contribution is 2.22. The van der Waals surface area contributed by atoms with Gasteiger partial charge in [0.1, 0.15) is 5.76 Å². The Morgan fingerprint density at radius 3 is 2.70 bits per heavy atom. The Hall–Kier alpha value is -4.00. The molecule has 0 unspecified atom stereocenters. The highest BCUT2D eigenvalue weighted by Gasteiger charge is 2.12. The number of anilines is 1. The highest BCUT2D eigenvalue weighted by atomic mass is 16.3. The smallest absolute Gasteiger partial charge is 0.291 e. The first-order valence-corrected chi connectivity index (χ1v) is 8.26. The molecule has 4 rings (SSSR count). The fourth-order valence-electron chi connectivity index (χ4n) is 2.54. The van der Waals surface area contributed by atoms with Crippen LogP contribution in [0.25, 0.3) is 23.5 Å². The second kappa shape index (κ2) is 7.49. The van der Waals surface area contributed by atoms with E-state index in [4.69, 9.17) is 4.42 Å². The number of tetrazole rings is 1. The van der Waals surface area contributed by atoms with Crippen molar-refractivity contribution in [3.63, 3.8) is 0 Å². The predicted molar refractivity (Wildman–Crippen MR) is 102 cm³/mol. The SMILES string of the molecule is O=C(Nc1cccc(C=Cc2nn[nH]n2)c1)c1ccc(-c2ccccc2)o1. The lowest BCUT2D eigenvalue weighted by molar-refractivity contribution is 0.0997. The van der Waals surface area contributed by atoms with Gasteiger partial charge in [0.25, 0.3) is 5.91 Å². The number of nitrogens with zero attached hydrogens (tertiary/aromatic N) is 3. The number of aromatic nitrogens is 4. The van der Waals surface area contributed by atoms with Crippen LogP contribution in [0, 0.1) is 0 Å². The Labute approximate surface area is 154 Å². The van der Waals surface area contributed by atoms with E-state index in [0.29, 0.717) is 17.3 Å². The third kappa shape index (κ3) is 3.98. The maximum Gasteiger partial charge on any atom is 0.291 e. The summed E-state index contributed by atoms with van der Waals surface area (Å²) >= 11 is 0. The zero-order valence-corrected chi connectivity index (χ0v) is 14.2. The molecule has 0 fully saturated rings. The lowest BCUT2D eigenvalue weighted by atomic mass is 10.2. The van der Waals surface area contributed by atoms with Crippen LogP contribution in [-0.4, -0.2) is 26.5 Å². The molecule has 7 nitrogen and oxygen atoms in total. The number of nitrogens with one attached hydrogen (secondary N) is 2. The van der Waals surface area contributed by atoms with Crippen molar-refractivity contribution < 1.29 is 9.21 Å². The van der Waals surface area contributed by atoms with Gasteiger partial charge in [0.15, 0.2) is 11.6 Å². The third-order valence-corrected chi connectivity index (χ3v) is 3.82. The molecule has 0 spiro atoms. The summed E-state index contributed by atoms with van der Waals surface area (Å²) in [6, 6.07) is 20.5. The summed E-state index contributed by atoms with van der Waals surface area (Å²) in [5, 5.41) is 16.4. The summed E-state index contributed by atoms with van der Waals surface area (Å²) in [7, 11) is 0. The number of H-pyrrole nitrogens is 1. The van der Waals surface area contributed by atoms with Crippen molar-refractivity contribution in [2.75, 3.05) is 5.32 Å². The first kappa shape index (κ1) is 16.5. The van der Waals surface area contributed by atoms with E-state index in [1.165, 1.54) is 0 Å². The van der Waals surface area contributed by atoms with Crippen LogP contribution in [0.2, 0.25) is 0 Å². The van der Waals surface area contributed by atoms with Crippen LogP contribution in [0.4, 0.5) is 5.69 Å². The number of amides is 1. The van der Waals surface area contributed by atoms with Gasteiger partial charge in [-0.15, -0.1) is 10.2 Å². The van der Waals surface area contributed by atoms with Crippen molar-refractivity contribution in [2.45, 2.75) is 0 Å². The van der Waals surface area contributed by atoms with E-state index < -0.39 is 0 Å². The second-order valence-corrected chi connectivity index (χ2v) is 5.71. The van der Waals surface area contributed by atoms with E-state index >= 15 is 0 Å². The van der Waals surface area contributed by atoms with Crippen molar-refractivity contribution in [1.82, 2.24) is 20.6 Å². The monoisotopic (exact) mass is 357 g/mol. The lowest BCUT2D eigenvalue weighted by Gasteiger charge is -2.04. The summed E-state index contributed by atoms with van der Waals surface area (Å²) in [6.45, 7) is 0. The fourth-order valence-corrected chi connectivity index (χ4v) is 2.54. The Kier molecular flexibility index (Phi) is 4.57. The average Bonchev–Trinajstić information content (AvgIpc) is 3.39. The molecule has 0 aliphatic carbocycles. The number of furan rings is 1. The lowest BCUT2D eigenvalue weighted by Crippen LogP contribution is -2.10. The van der Waals surface area contributed by atoms with Crippen molar-refractivity contribution in [2.24, 2.45) is 0 Å². The standard InChI is InChI=1S/C20H15N5O2/c26-20(18-11-10-17(27-18)15-6-2-1-3-7-15)21-16-8-4-5-14(13-16)9-12-19-22-24-25-23-19/h1-13H,(H,21,26)(H,22,23,24,25). The minimum absolute atomic E-state index is 0.251. The number of hydrogen-bond acceptors (Lipinski definition) is 5. The van der Waals surface area contributed by atoms with E-state index in [2.05, 4.69) is 25.9 Å². The van der Waals surface area contributed by atoms with Crippen molar-refractivity contribution in [3.8, 4) is 11.3 Å². The van der Waals surface area contributed by atoms with Crippen LogP contribution in [0.15, 0.2) is 71.1 Å². The van der Waals surface area contributed by atoms with Crippen molar-refractivity contribution in [3.05, 3.63) is 83.9 Å². The second-order valence-electron chi connectivity index (χ2n) is 5.71. The zero-order valence-electron chi connectivity index (χ0n) is 14.2. The van der Waals surface area contributed by atoms with Gasteiger partial charge in [-0.3, -0.25) is 4.79 Å². The van der Waals surface area contributed by atoms with E-state index in [1.807, 2.05) is 60.7 Å². The Bertz CT molecular complexity index is 1070. The Morgan fingerprint density at radius 2 is 1.89 bits per heavy atom. The first-order valence-electron chi connectivity index (χ1n) is 8.26. The van der Waals surface area contributed by atoms with Gasteiger partial charge < -0.3 is 9.73 Å². The molecule has 1 amide bonds. The molecule has 7 heteroatoms. The number of carbonyl (C=O) groups excluding carboxylic acids is 1. The molecule has 4 aromatic rings. The number of rotatable bonds is 5. The first-order chi connectivity index (χ1) is 13.3. The maximum absolute atomic E-state index is 12.5. The minimum atomic E-state index is -0.309. The van der Waals surface area contributed by atoms with Gasteiger partial charge in [0.05, 0.1) is 0 Å². The van der Waals surface area contributed by atoms with Gasteiger partial charge in [-0.25, -0.2) is 0 Å². The topological polar surface area (TPSA) is 96.7 Å². The normalized spacial score (nSPS) is 11.0. The quantitative estimate of drug-likeness (QED) is 0.565. The van der Waals surface area contributed by atoms with Gasteiger partial charge in [0, 0.05) is 11.3 Å². The molecule has 0 aliphatic rings. The number of carbonyl (C=O) groups is 1. The van der Waals surface area contributed by atoms with Gasteiger partial charge >= 0.3 is 0 Å². The molecular formula is C20H15N5O2. The molecule has 0 atom stereocenters. The minimum Gasteiger partial charge on any atom is -0.451 e. The molecule has 0 bridgehead atoms. The van der Waals surface area contributed by atoms with E-state index in [1.54, 1.807) is 18.2 Å². The molecular weight excluding hydrogens is 342 g/mol. The Morgan fingerprint density at radius 1 is 1.00 bits per heavy atom. The van der Waals surface area contributed by atoms with Crippen molar-refractivity contribution >= 4 is 23.7 Å². The van der Waals surface area contributed by atoms with Crippen LogP contribution >= 0.6 is 0 Å². The van der Waals surface area contributed by atoms with Gasteiger partial charge in [-0.05, 0) is 41.1 Å². The molecule has 2 aromatic carbocycles. The Balaban J connectivity index is 1.47. The summed E-state index contributed by atoms with van der Waals surface area (Å²) in [4.78, 5) is 12.5. The fraction of sp³-hybridized carbons (Fsp3) is 0. The van der Waals surface area contributed by atoms with Gasteiger partial charge in [-0.1, -0.05) is 48.5 Å². The zero-order chi connectivity index (χ0) is 18.5. The average molecular weight is 357 g/mol. The van der Waals surface area contributed by atoms with Crippen LogP contribution in [-0.2, 0) is 0 Å². The molecule has 2 heterocycles. The molecule has 27 heavy (non-hydrogen) atoms. The largest absolute Gasteiger partial charge is 0.451 e. The van der Waals surface area contributed by atoms with E-state index in [-0.39, 0.29) is 11.7 Å². The van der Waals surface area contributed by atoms with Gasteiger partial charge in [0.2, 0.25) is 0 Å². The number of hydrogen-bond donors (Lipinski definition) is 2. The molecule has 0 aliphatic heterocycles. The van der Waals surface area contributed by atoms with Crippen molar-refractivity contribution in [1.29, 1.82) is 0 Å². The number of benzene rings is 2. The molecule has 0 saturated heterocycles. The third-order valence-electron chi connectivity index (χ3n) is 3.82. The van der Waals surface area contributed by atoms with Crippen LogP contribution in [0.1, 0.15) is 21.9 Å². The summed E-state index contributed by atoms with van der Waals surface area (Å²) < 4.78 is 5.68. The molecule has 0 saturated carbocycles. The van der Waals surface area contributed by atoms with Gasteiger partial charge in [-0.2, -0.15) is 5.21 Å². The summed E-state index contributed by atoms with van der Waals surface area (Å²) in [5.74, 6) is 1.07. The molecule has 132 valence electrons. The van der Waals surface area contributed by atoms with Crippen LogP contribution in [0.5, 0.6) is 0 Å². The maximum atomic E-state index is 12.5.